The Kier molecular flexibility index (Phi) is 3.93. The van der Waals surface area contributed by atoms with E-state index in [-0.39, 0.29) is 0 Å². The third kappa shape index (κ3) is 2.93. The molecular formula is C17H14ClNO2. The van der Waals surface area contributed by atoms with Gasteiger partial charge in [-0.2, -0.15) is 0 Å². The smallest absolute Gasteiger partial charge is 0.171 e. The molecule has 0 aliphatic rings. The van der Waals surface area contributed by atoms with Gasteiger partial charge in [-0.3, -0.25) is 0 Å². The molecule has 1 aromatic heterocycles. The van der Waals surface area contributed by atoms with Crippen LogP contribution in [0, 0.1) is 0 Å². The van der Waals surface area contributed by atoms with Crippen LogP contribution in [0.4, 0.5) is 0 Å². The van der Waals surface area contributed by atoms with Gasteiger partial charge in [-0.15, -0.1) is 0 Å². The van der Waals surface area contributed by atoms with E-state index in [1.807, 2.05) is 54.6 Å². The Morgan fingerprint density at radius 2 is 1.81 bits per heavy atom. The van der Waals surface area contributed by atoms with Gasteiger partial charge >= 0.3 is 0 Å². The van der Waals surface area contributed by atoms with Gasteiger partial charge < -0.3 is 9.47 Å². The van der Waals surface area contributed by atoms with Crippen molar-refractivity contribution in [3.63, 3.8) is 0 Å². The van der Waals surface area contributed by atoms with Crippen LogP contribution in [0.1, 0.15) is 5.56 Å². The van der Waals surface area contributed by atoms with Crippen molar-refractivity contribution >= 4 is 22.5 Å². The number of ether oxygens (including phenoxy) is 2. The Labute approximate surface area is 128 Å². The molecule has 0 spiro atoms. The fraction of sp³-hybridized carbons (Fsp3) is 0.118. The van der Waals surface area contributed by atoms with E-state index in [0.717, 1.165) is 22.2 Å². The number of pyridine rings is 1. The molecule has 0 unspecified atom stereocenters. The van der Waals surface area contributed by atoms with E-state index in [2.05, 4.69) is 4.98 Å². The van der Waals surface area contributed by atoms with Gasteiger partial charge in [0.15, 0.2) is 10.9 Å². The van der Waals surface area contributed by atoms with Crippen molar-refractivity contribution in [1.29, 1.82) is 0 Å². The quantitative estimate of drug-likeness (QED) is 0.666. The minimum atomic E-state index is 0.352. The number of aromatic nitrogens is 1. The third-order valence-electron chi connectivity index (χ3n) is 3.20. The van der Waals surface area contributed by atoms with Crippen LogP contribution in [0.5, 0.6) is 11.5 Å². The second-order valence-electron chi connectivity index (χ2n) is 4.58. The summed E-state index contributed by atoms with van der Waals surface area (Å²) in [5.74, 6) is 1.30. The van der Waals surface area contributed by atoms with Crippen molar-refractivity contribution in [2.75, 3.05) is 7.11 Å². The highest BCUT2D eigenvalue weighted by molar-refractivity contribution is 6.31. The number of hydrogen-bond acceptors (Lipinski definition) is 3. The summed E-state index contributed by atoms with van der Waals surface area (Å²) < 4.78 is 11.1. The van der Waals surface area contributed by atoms with Gasteiger partial charge in [0.05, 0.1) is 12.6 Å². The lowest BCUT2D eigenvalue weighted by atomic mass is 10.2. The van der Waals surface area contributed by atoms with E-state index in [1.165, 1.54) is 0 Å². The van der Waals surface area contributed by atoms with Crippen LogP contribution in [0.3, 0.4) is 0 Å². The zero-order valence-electron chi connectivity index (χ0n) is 11.5. The fourth-order valence-electron chi connectivity index (χ4n) is 2.13. The minimum Gasteiger partial charge on any atom is -0.494 e. The normalized spacial score (nSPS) is 10.6. The van der Waals surface area contributed by atoms with Crippen LogP contribution >= 0.6 is 11.6 Å². The molecule has 0 N–H and O–H groups in total. The molecule has 3 rings (SSSR count). The van der Waals surface area contributed by atoms with Gasteiger partial charge in [0.25, 0.3) is 0 Å². The van der Waals surface area contributed by atoms with Crippen molar-refractivity contribution in [3.8, 4) is 11.5 Å². The molecule has 3 nitrogen and oxygen atoms in total. The van der Waals surface area contributed by atoms with Crippen molar-refractivity contribution < 1.29 is 9.47 Å². The molecule has 106 valence electrons. The van der Waals surface area contributed by atoms with Gasteiger partial charge in [-0.25, -0.2) is 4.98 Å². The molecule has 3 aromatic rings. The fourth-order valence-corrected chi connectivity index (χ4v) is 2.35. The summed E-state index contributed by atoms with van der Waals surface area (Å²) in [7, 11) is 1.57. The first-order valence-electron chi connectivity index (χ1n) is 6.58. The van der Waals surface area contributed by atoms with Gasteiger partial charge in [-0.1, -0.05) is 48.0 Å². The Hall–Kier alpha value is -2.26. The Morgan fingerprint density at radius 1 is 1.00 bits per heavy atom. The molecule has 0 bridgehead atoms. The highest BCUT2D eigenvalue weighted by atomic mass is 35.5. The molecule has 0 atom stereocenters. The molecule has 0 fully saturated rings. The Balaban J connectivity index is 1.94. The highest BCUT2D eigenvalue weighted by Crippen LogP contribution is 2.32. The number of hydrogen-bond donors (Lipinski definition) is 0. The first kappa shape index (κ1) is 13.7. The molecule has 0 amide bonds. The lowest BCUT2D eigenvalue weighted by Crippen LogP contribution is -1.96. The van der Waals surface area contributed by atoms with E-state index in [4.69, 9.17) is 21.1 Å². The van der Waals surface area contributed by atoms with Gasteiger partial charge in [-0.05, 0) is 23.8 Å². The zero-order chi connectivity index (χ0) is 14.7. The summed E-state index contributed by atoms with van der Waals surface area (Å²) in [6.45, 7) is 0.505. The summed E-state index contributed by atoms with van der Waals surface area (Å²) in [6.07, 6.45) is 0. The number of benzene rings is 2. The molecular weight excluding hydrogens is 286 g/mol. The first-order chi connectivity index (χ1) is 10.3. The number of halogens is 1. The maximum absolute atomic E-state index is 6.05. The molecule has 0 radical (unpaired) electrons. The molecule has 0 saturated heterocycles. The van der Waals surface area contributed by atoms with E-state index in [0.29, 0.717) is 17.5 Å². The average molecular weight is 300 g/mol. The van der Waals surface area contributed by atoms with E-state index >= 15 is 0 Å². The van der Waals surface area contributed by atoms with Crippen LogP contribution in [0.2, 0.25) is 5.15 Å². The second kappa shape index (κ2) is 6.02. The van der Waals surface area contributed by atoms with Crippen LogP contribution in [0.15, 0.2) is 54.6 Å². The van der Waals surface area contributed by atoms with Crippen LogP contribution in [0.25, 0.3) is 10.9 Å². The number of rotatable bonds is 4. The van der Waals surface area contributed by atoms with Crippen molar-refractivity contribution in [3.05, 3.63) is 65.3 Å². The second-order valence-corrected chi connectivity index (χ2v) is 4.94. The summed E-state index contributed by atoms with van der Waals surface area (Å²) >= 11 is 6.05. The van der Waals surface area contributed by atoms with Crippen LogP contribution in [-0.4, -0.2) is 12.1 Å². The largest absolute Gasteiger partial charge is 0.494 e. The highest BCUT2D eigenvalue weighted by Gasteiger charge is 2.09. The number of nitrogens with zero attached hydrogens (tertiary/aromatic N) is 1. The molecule has 1 heterocycles. The maximum atomic E-state index is 6.05. The summed E-state index contributed by atoms with van der Waals surface area (Å²) in [5.41, 5.74) is 1.90. The summed E-state index contributed by atoms with van der Waals surface area (Å²) in [6, 6.07) is 17.6. The molecule has 0 aliphatic heterocycles. The first-order valence-corrected chi connectivity index (χ1v) is 6.95. The predicted molar refractivity (Wildman–Crippen MR) is 84.1 cm³/mol. The predicted octanol–water partition coefficient (Wildman–Crippen LogP) is 4.48. The van der Waals surface area contributed by atoms with Gasteiger partial charge in [0.2, 0.25) is 0 Å². The van der Waals surface area contributed by atoms with Crippen LogP contribution in [-0.2, 0) is 6.61 Å². The minimum absolute atomic E-state index is 0.352. The van der Waals surface area contributed by atoms with Gasteiger partial charge in [0.1, 0.15) is 12.4 Å². The van der Waals surface area contributed by atoms with Gasteiger partial charge in [0, 0.05) is 5.39 Å². The van der Waals surface area contributed by atoms with Crippen molar-refractivity contribution in [2.24, 2.45) is 0 Å². The lowest BCUT2D eigenvalue weighted by Gasteiger charge is -2.11. The topological polar surface area (TPSA) is 31.4 Å². The molecule has 2 aromatic carbocycles. The number of methoxy groups -OCH3 is 1. The monoisotopic (exact) mass is 299 g/mol. The SMILES string of the molecule is COc1cc2c(OCc3ccccc3)cccc2nc1Cl. The Morgan fingerprint density at radius 3 is 2.57 bits per heavy atom. The molecule has 0 aliphatic carbocycles. The van der Waals surface area contributed by atoms with Crippen molar-refractivity contribution in [2.45, 2.75) is 6.61 Å². The molecule has 21 heavy (non-hydrogen) atoms. The standard InChI is InChI=1S/C17H14ClNO2/c1-20-16-10-13-14(19-17(16)18)8-5-9-15(13)21-11-12-6-3-2-4-7-12/h2-10H,11H2,1H3. The molecule has 4 heteroatoms. The van der Waals surface area contributed by atoms with E-state index < -0.39 is 0 Å². The summed E-state index contributed by atoms with van der Waals surface area (Å²) in [5, 5.41) is 1.24. The average Bonchev–Trinajstić information content (AvgIpc) is 2.53. The maximum Gasteiger partial charge on any atom is 0.171 e. The van der Waals surface area contributed by atoms with Crippen LogP contribution < -0.4 is 9.47 Å². The van der Waals surface area contributed by atoms with E-state index in [9.17, 15) is 0 Å². The Bertz CT molecular complexity index is 759. The zero-order valence-corrected chi connectivity index (χ0v) is 12.3. The summed E-state index contributed by atoms with van der Waals surface area (Å²) in [4.78, 5) is 4.32. The number of fused-ring (bicyclic) bond motifs is 1. The van der Waals surface area contributed by atoms with Crippen molar-refractivity contribution in [1.82, 2.24) is 4.98 Å². The third-order valence-corrected chi connectivity index (χ3v) is 3.47. The lowest BCUT2D eigenvalue weighted by molar-refractivity contribution is 0.310. The molecule has 0 saturated carbocycles. The van der Waals surface area contributed by atoms with E-state index in [1.54, 1.807) is 7.11 Å².